The number of rotatable bonds is 4. The molecule has 110 valence electrons. The molecule has 0 atom stereocenters. The summed E-state index contributed by atoms with van der Waals surface area (Å²) in [6.45, 7) is 5.86. The van der Waals surface area contributed by atoms with E-state index >= 15 is 0 Å². The van der Waals surface area contributed by atoms with Crippen molar-refractivity contribution in [1.29, 1.82) is 0 Å². The zero-order valence-electron chi connectivity index (χ0n) is 12.3. The van der Waals surface area contributed by atoms with E-state index < -0.39 is 0 Å². The molecule has 0 saturated carbocycles. The van der Waals surface area contributed by atoms with E-state index in [1.54, 1.807) is 12.1 Å². The Kier molecular flexibility index (Phi) is 5.02. The molecule has 2 rings (SSSR count). The van der Waals surface area contributed by atoms with Crippen LogP contribution in [0, 0.1) is 6.92 Å². The van der Waals surface area contributed by atoms with Crippen molar-refractivity contribution in [2.45, 2.75) is 26.9 Å². The van der Waals surface area contributed by atoms with Crippen molar-refractivity contribution in [1.82, 2.24) is 0 Å². The average molecular weight is 348 g/mol. The molecule has 1 amide bonds. The molecule has 0 fully saturated rings. The molecule has 2 aromatic carbocycles. The van der Waals surface area contributed by atoms with E-state index in [1.807, 2.05) is 51.1 Å². The summed E-state index contributed by atoms with van der Waals surface area (Å²) in [6, 6.07) is 13.1. The van der Waals surface area contributed by atoms with Crippen LogP contribution in [0.2, 0.25) is 0 Å². The van der Waals surface area contributed by atoms with Gasteiger partial charge in [0.2, 0.25) is 0 Å². The SMILES string of the molecule is Cc1cccc(NC(=O)c2cc(Br)ccc2OC(C)C)c1. The molecule has 2 aromatic rings. The smallest absolute Gasteiger partial charge is 0.259 e. The number of benzene rings is 2. The summed E-state index contributed by atoms with van der Waals surface area (Å²) in [5, 5.41) is 2.90. The van der Waals surface area contributed by atoms with Gasteiger partial charge in [-0.05, 0) is 56.7 Å². The number of ether oxygens (including phenoxy) is 1. The van der Waals surface area contributed by atoms with Crippen molar-refractivity contribution >= 4 is 27.5 Å². The summed E-state index contributed by atoms with van der Waals surface area (Å²) in [4.78, 5) is 12.5. The highest BCUT2D eigenvalue weighted by Crippen LogP contribution is 2.25. The number of carbonyl (C=O) groups is 1. The average Bonchev–Trinajstić information content (AvgIpc) is 2.40. The van der Waals surface area contributed by atoms with E-state index in [4.69, 9.17) is 4.74 Å². The Balaban J connectivity index is 2.27. The van der Waals surface area contributed by atoms with Crippen molar-refractivity contribution < 1.29 is 9.53 Å². The highest BCUT2D eigenvalue weighted by atomic mass is 79.9. The van der Waals surface area contributed by atoms with Gasteiger partial charge in [-0.3, -0.25) is 4.79 Å². The molecule has 0 unspecified atom stereocenters. The highest BCUT2D eigenvalue weighted by Gasteiger charge is 2.14. The number of amides is 1. The summed E-state index contributed by atoms with van der Waals surface area (Å²) in [6.07, 6.45) is 0.0108. The third kappa shape index (κ3) is 4.33. The fourth-order valence-corrected chi connectivity index (χ4v) is 2.32. The van der Waals surface area contributed by atoms with Crippen molar-refractivity contribution in [3.05, 3.63) is 58.1 Å². The van der Waals surface area contributed by atoms with Crippen LogP contribution in [-0.2, 0) is 0 Å². The molecule has 0 saturated heterocycles. The topological polar surface area (TPSA) is 38.3 Å². The first-order valence-corrected chi connectivity index (χ1v) is 7.59. The number of hydrogen-bond acceptors (Lipinski definition) is 2. The molecule has 0 aliphatic rings. The fraction of sp³-hybridized carbons (Fsp3) is 0.235. The first kappa shape index (κ1) is 15.6. The van der Waals surface area contributed by atoms with E-state index in [9.17, 15) is 4.79 Å². The molecular weight excluding hydrogens is 330 g/mol. The standard InChI is InChI=1S/C17H18BrNO2/c1-11(2)21-16-8-7-13(18)10-15(16)17(20)19-14-6-4-5-12(3)9-14/h4-11H,1-3H3,(H,19,20). The molecule has 1 N–H and O–H groups in total. The summed E-state index contributed by atoms with van der Waals surface area (Å²) in [5.74, 6) is 0.399. The first-order valence-electron chi connectivity index (χ1n) is 6.80. The van der Waals surface area contributed by atoms with E-state index in [-0.39, 0.29) is 12.0 Å². The molecule has 21 heavy (non-hydrogen) atoms. The number of halogens is 1. The zero-order valence-corrected chi connectivity index (χ0v) is 13.9. The summed E-state index contributed by atoms with van der Waals surface area (Å²) >= 11 is 3.39. The minimum atomic E-state index is -0.183. The summed E-state index contributed by atoms with van der Waals surface area (Å²) < 4.78 is 6.54. The normalized spacial score (nSPS) is 10.5. The number of hydrogen-bond donors (Lipinski definition) is 1. The minimum absolute atomic E-state index is 0.0108. The van der Waals surface area contributed by atoms with Gasteiger partial charge in [0.15, 0.2) is 0 Å². The Labute approximate surface area is 133 Å². The van der Waals surface area contributed by atoms with Crippen LogP contribution in [0.5, 0.6) is 5.75 Å². The molecule has 0 aliphatic heterocycles. The predicted octanol–water partition coefficient (Wildman–Crippen LogP) is 4.80. The van der Waals surface area contributed by atoms with Crippen LogP contribution in [0.1, 0.15) is 29.8 Å². The lowest BCUT2D eigenvalue weighted by molar-refractivity contribution is 0.102. The monoisotopic (exact) mass is 347 g/mol. The summed E-state index contributed by atoms with van der Waals surface area (Å²) in [7, 11) is 0. The molecule has 0 bridgehead atoms. The van der Waals surface area contributed by atoms with Gasteiger partial charge >= 0.3 is 0 Å². The van der Waals surface area contributed by atoms with Crippen LogP contribution < -0.4 is 10.1 Å². The molecular formula is C17H18BrNO2. The maximum Gasteiger partial charge on any atom is 0.259 e. The predicted molar refractivity (Wildman–Crippen MR) is 89.0 cm³/mol. The largest absolute Gasteiger partial charge is 0.490 e. The Morgan fingerprint density at radius 1 is 1.19 bits per heavy atom. The second-order valence-electron chi connectivity index (χ2n) is 5.13. The molecule has 4 heteroatoms. The van der Waals surface area contributed by atoms with Gasteiger partial charge in [-0.25, -0.2) is 0 Å². The van der Waals surface area contributed by atoms with Crippen LogP contribution in [-0.4, -0.2) is 12.0 Å². The minimum Gasteiger partial charge on any atom is -0.490 e. The second-order valence-corrected chi connectivity index (χ2v) is 6.05. The number of carbonyl (C=O) groups excluding carboxylic acids is 1. The van der Waals surface area contributed by atoms with Gasteiger partial charge < -0.3 is 10.1 Å². The zero-order chi connectivity index (χ0) is 15.4. The van der Waals surface area contributed by atoms with Crippen molar-refractivity contribution in [3.63, 3.8) is 0 Å². The van der Waals surface area contributed by atoms with Crippen LogP contribution in [0.4, 0.5) is 5.69 Å². The Morgan fingerprint density at radius 2 is 1.95 bits per heavy atom. The van der Waals surface area contributed by atoms with Gasteiger partial charge in [-0.1, -0.05) is 28.1 Å². The van der Waals surface area contributed by atoms with Gasteiger partial charge in [0.05, 0.1) is 11.7 Å². The summed E-state index contributed by atoms with van der Waals surface area (Å²) in [5.41, 5.74) is 2.38. The van der Waals surface area contributed by atoms with Gasteiger partial charge in [-0.2, -0.15) is 0 Å². The van der Waals surface area contributed by atoms with Crippen LogP contribution in [0.3, 0.4) is 0 Å². The number of aryl methyl sites for hydroxylation is 1. The highest BCUT2D eigenvalue weighted by molar-refractivity contribution is 9.10. The van der Waals surface area contributed by atoms with Gasteiger partial charge in [0.1, 0.15) is 5.75 Å². The van der Waals surface area contributed by atoms with Gasteiger partial charge in [0.25, 0.3) is 5.91 Å². The van der Waals surface area contributed by atoms with E-state index in [0.29, 0.717) is 11.3 Å². The Hall–Kier alpha value is -1.81. The van der Waals surface area contributed by atoms with Gasteiger partial charge in [-0.15, -0.1) is 0 Å². The Morgan fingerprint density at radius 3 is 2.62 bits per heavy atom. The lowest BCUT2D eigenvalue weighted by Gasteiger charge is -2.14. The third-order valence-corrected chi connectivity index (χ3v) is 3.32. The van der Waals surface area contributed by atoms with E-state index in [2.05, 4.69) is 21.2 Å². The number of anilines is 1. The molecule has 0 spiro atoms. The van der Waals surface area contributed by atoms with E-state index in [1.165, 1.54) is 0 Å². The van der Waals surface area contributed by atoms with Crippen molar-refractivity contribution in [3.8, 4) is 5.75 Å². The van der Waals surface area contributed by atoms with Crippen molar-refractivity contribution in [2.75, 3.05) is 5.32 Å². The maximum absolute atomic E-state index is 12.5. The molecule has 0 aromatic heterocycles. The quantitative estimate of drug-likeness (QED) is 0.862. The Bertz CT molecular complexity index is 653. The first-order chi connectivity index (χ1) is 9.95. The lowest BCUT2D eigenvalue weighted by atomic mass is 10.1. The van der Waals surface area contributed by atoms with E-state index in [0.717, 1.165) is 15.7 Å². The lowest BCUT2D eigenvalue weighted by Crippen LogP contribution is -2.15. The number of nitrogens with one attached hydrogen (secondary N) is 1. The molecule has 0 radical (unpaired) electrons. The van der Waals surface area contributed by atoms with Crippen LogP contribution in [0.15, 0.2) is 46.9 Å². The van der Waals surface area contributed by atoms with Gasteiger partial charge in [0, 0.05) is 10.2 Å². The van der Waals surface area contributed by atoms with Crippen LogP contribution >= 0.6 is 15.9 Å². The van der Waals surface area contributed by atoms with Crippen LogP contribution in [0.25, 0.3) is 0 Å². The molecule has 0 aliphatic carbocycles. The molecule has 0 heterocycles. The third-order valence-electron chi connectivity index (χ3n) is 2.82. The maximum atomic E-state index is 12.5. The fourth-order valence-electron chi connectivity index (χ4n) is 1.96. The van der Waals surface area contributed by atoms with Crippen molar-refractivity contribution in [2.24, 2.45) is 0 Å². The second kappa shape index (κ2) is 6.76. The molecule has 3 nitrogen and oxygen atoms in total.